The number of likely N-dealkylation sites (N-methyl/N-ethyl adjacent to an activating group) is 1. The fraction of sp³-hybridized carbons (Fsp3) is 0.154. The van der Waals surface area contributed by atoms with Gasteiger partial charge in [-0.3, -0.25) is 4.79 Å². The molecule has 0 aliphatic carbocycles. The maximum Gasteiger partial charge on any atom is 0.246 e. The third-order valence-corrected chi connectivity index (χ3v) is 2.28. The Labute approximate surface area is 94.0 Å². The van der Waals surface area contributed by atoms with Crippen LogP contribution in [0.25, 0.3) is 17.0 Å². The minimum absolute atomic E-state index is 0.0551. The molecule has 0 spiro atoms. The van der Waals surface area contributed by atoms with Crippen LogP contribution in [0.5, 0.6) is 0 Å². The predicted octanol–water partition coefficient (Wildman–Crippen LogP) is 2.53. The number of furan rings is 1. The molecular formula is C13H13NO2. The maximum atomic E-state index is 11.3. The Kier molecular flexibility index (Phi) is 2.77. The van der Waals surface area contributed by atoms with Gasteiger partial charge in [0, 0.05) is 25.6 Å². The molecular weight excluding hydrogens is 202 g/mol. The first-order valence-electron chi connectivity index (χ1n) is 5.05. The number of carbonyl (C=O) groups is 1. The molecule has 1 heterocycles. The van der Waals surface area contributed by atoms with Gasteiger partial charge in [-0.1, -0.05) is 18.2 Å². The minimum Gasteiger partial charge on any atom is -0.457 e. The molecule has 0 unspecified atom stereocenters. The van der Waals surface area contributed by atoms with Gasteiger partial charge in [0.25, 0.3) is 0 Å². The highest BCUT2D eigenvalue weighted by molar-refractivity contribution is 5.91. The number of rotatable bonds is 2. The molecule has 0 bridgehead atoms. The quantitative estimate of drug-likeness (QED) is 0.721. The van der Waals surface area contributed by atoms with E-state index in [-0.39, 0.29) is 5.91 Å². The monoisotopic (exact) mass is 215 g/mol. The lowest BCUT2D eigenvalue weighted by atomic mass is 10.2. The van der Waals surface area contributed by atoms with Crippen molar-refractivity contribution in [3.63, 3.8) is 0 Å². The van der Waals surface area contributed by atoms with Crippen molar-refractivity contribution in [1.29, 1.82) is 0 Å². The summed E-state index contributed by atoms with van der Waals surface area (Å²) in [5.41, 5.74) is 0.833. The van der Waals surface area contributed by atoms with Gasteiger partial charge in [0.1, 0.15) is 11.3 Å². The zero-order valence-corrected chi connectivity index (χ0v) is 9.31. The fourth-order valence-electron chi connectivity index (χ4n) is 1.39. The molecule has 2 aromatic rings. The Morgan fingerprint density at radius 1 is 1.31 bits per heavy atom. The van der Waals surface area contributed by atoms with E-state index in [0.717, 1.165) is 11.0 Å². The molecule has 1 aromatic carbocycles. The molecule has 0 aliphatic heterocycles. The van der Waals surface area contributed by atoms with Crippen molar-refractivity contribution in [2.45, 2.75) is 0 Å². The number of fused-ring (bicyclic) bond motifs is 1. The number of carbonyl (C=O) groups excluding carboxylic acids is 1. The van der Waals surface area contributed by atoms with Crippen LogP contribution >= 0.6 is 0 Å². The zero-order chi connectivity index (χ0) is 11.5. The number of hydrogen-bond donors (Lipinski definition) is 0. The molecule has 0 saturated carbocycles. The second-order valence-corrected chi connectivity index (χ2v) is 3.75. The molecule has 2 rings (SSSR count). The van der Waals surface area contributed by atoms with Crippen molar-refractivity contribution < 1.29 is 9.21 Å². The van der Waals surface area contributed by atoms with E-state index in [0.29, 0.717) is 5.76 Å². The zero-order valence-electron chi connectivity index (χ0n) is 9.31. The topological polar surface area (TPSA) is 33.5 Å². The number of para-hydroxylation sites is 1. The summed E-state index contributed by atoms with van der Waals surface area (Å²) >= 11 is 0. The van der Waals surface area contributed by atoms with Crippen LogP contribution in [-0.2, 0) is 4.79 Å². The highest BCUT2D eigenvalue weighted by Crippen LogP contribution is 2.19. The van der Waals surface area contributed by atoms with Crippen molar-refractivity contribution in [2.24, 2.45) is 0 Å². The smallest absolute Gasteiger partial charge is 0.246 e. The average molecular weight is 215 g/mol. The molecule has 16 heavy (non-hydrogen) atoms. The Morgan fingerprint density at radius 3 is 2.75 bits per heavy atom. The van der Waals surface area contributed by atoms with E-state index in [9.17, 15) is 4.79 Å². The number of benzene rings is 1. The van der Waals surface area contributed by atoms with Crippen molar-refractivity contribution in [1.82, 2.24) is 4.90 Å². The third-order valence-electron chi connectivity index (χ3n) is 2.28. The summed E-state index contributed by atoms with van der Waals surface area (Å²) in [6.45, 7) is 0. The maximum absolute atomic E-state index is 11.3. The second-order valence-electron chi connectivity index (χ2n) is 3.75. The molecule has 0 radical (unpaired) electrons. The summed E-state index contributed by atoms with van der Waals surface area (Å²) in [4.78, 5) is 12.8. The molecule has 0 fully saturated rings. The average Bonchev–Trinajstić information content (AvgIpc) is 2.68. The normalized spacial score (nSPS) is 11.1. The van der Waals surface area contributed by atoms with E-state index in [1.807, 2.05) is 30.3 Å². The molecule has 82 valence electrons. The lowest BCUT2D eigenvalue weighted by Crippen LogP contribution is -2.18. The van der Waals surface area contributed by atoms with E-state index in [2.05, 4.69) is 0 Å². The van der Waals surface area contributed by atoms with E-state index in [4.69, 9.17) is 4.42 Å². The summed E-state index contributed by atoms with van der Waals surface area (Å²) in [5, 5.41) is 1.04. The summed E-state index contributed by atoms with van der Waals surface area (Å²) in [6.07, 6.45) is 3.18. The molecule has 0 saturated heterocycles. The van der Waals surface area contributed by atoms with Crippen molar-refractivity contribution in [3.05, 3.63) is 42.2 Å². The molecule has 0 atom stereocenters. The van der Waals surface area contributed by atoms with Crippen molar-refractivity contribution >= 4 is 23.0 Å². The van der Waals surface area contributed by atoms with Gasteiger partial charge >= 0.3 is 0 Å². The van der Waals surface area contributed by atoms with Crippen LogP contribution in [0.2, 0.25) is 0 Å². The highest BCUT2D eigenvalue weighted by atomic mass is 16.3. The van der Waals surface area contributed by atoms with Crippen LogP contribution in [0.15, 0.2) is 40.8 Å². The second kappa shape index (κ2) is 4.23. The van der Waals surface area contributed by atoms with Crippen molar-refractivity contribution in [2.75, 3.05) is 14.1 Å². The van der Waals surface area contributed by atoms with Crippen LogP contribution < -0.4 is 0 Å². The SMILES string of the molecule is CN(C)C(=O)C=Cc1cc2ccccc2o1. The van der Waals surface area contributed by atoms with Gasteiger partial charge in [0.15, 0.2) is 0 Å². The van der Waals surface area contributed by atoms with Gasteiger partial charge in [-0.2, -0.15) is 0 Å². The van der Waals surface area contributed by atoms with Gasteiger partial charge in [0.2, 0.25) is 5.91 Å². The Balaban J connectivity index is 2.25. The van der Waals surface area contributed by atoms with E-state index in [1.54, 1.807) is 20.2 Å². The Bertz CT molecular complexity index is 505. The van der Waals surface area contributed by atoms with Gasteiger partial charge in [-0.05, 0) is 18.2 Å². The summed E-state index contributed by atoms with van der Waals surface area (Å²) in [7, 11) is 3.43. The minimum atomic E-state index is -0.0551. The number of amides is 1. The highest BCUT2D eigenvalue weighted by Gasteiger charge is 2.01. The first-order chi connectivity index (χ1) is 7.66. The van der Waals surface area contributed by atoms with Crippen LogP contribution in [0.4, 0.5) is 0 Å². The van der Waals surface area contributed by atoms with E-state index < -0.39 is 0 Å². The fourth-order valence-corrected chi connectivity index (χ4v) is 1.39. The molecule has 3 nitrogen and oxygen atoms in total. The van der Waals surface area contributed by atoms with Gasteiger partial charge in [-0.25, -0.2) is 0 Å². The van der Waals surface area contributed by atoms with Gasteiger partial charge in [-0.15, -0.1) is 0 Å². The number of hydrogen-bond acceptors (Lipinski definition) is 2. The molecule has 0 aliphatic rings. The first kappa shape index (κ1) is 10.5. The Hall–Kier alpha value is -2.03. The predicted molar refractivity (Wildman–Crippen MR) is 63.9 cm³/mol. The van der Waals surface area contributed by atoms with Crippen LogP contribution in [0, 0.1) is 0 Å². The molecule has 0 N–H and O–H groups in total. The van der Waals surface area contributed by atoms with Gasteiger partial charge in [0.05, 0.1) is 0 Å². The first-order valence-corrected chi connectivity index (χ1v) is 5.05. The van der Waals surface area contributed by atoms with Crippen LogP contribution in [-0.4, -0.2) is 24.9 Å². The third kappa shape index (κ3) is 2.14. The van der Waals surface area contributed by atoms with E-state index >= 15 is 0 Å². The lowest BCUT2D eigenvalue weighted by molar-refractivity contribution is -0.123. The lowest BCUT2D eigenvalue weighted by Gasteiger charge is -2.04. The van der Waals surface area contributed by atoms with Gasteiger partial charge < -0.3 is 9.32 Å². The summed E-state index contributed by atoms with van der Waals surface area (Å²) in [6, 6.07) is 9.67. The molecule has 1 aromatic heterocycles. The standard InChI is InChI=1S/C13H13NO2/c1-14(2)13(15)8-7-11-9-10-5-3-4-6-12(10)16-11/h3-9H,1-2H3. The van der Waals surface area contributed by atoms with E-state index in [1.165, 1.54) is 11.0 Å². The molecule has 1 amide bonds. The summed E-state index contributed by atoms with van der Waals surface area (Å²) in [5.74, 6) is 0.636. The van der Waals surface area contributed by atoms with Crippen LogP contribution in [0.3, 0.4) is 0 Å². The largest absolute Gasteiger partial charge is 0.457 e. The van der Waals surface area contributed by atoms with Crippen LogP contribution in [0.1, 0.15) is 5.76 Å². The Morgan fingerprint density at radius 2 is 2.06 bits per heavy atom. The number of nitrogens with zero attached hydrogens (tertiary/aromatic N) is 1. The summed E-state index contributed by atoms with van der Waals surface area (Å²) < 4.78 is 5.54. The molecule has 3 heteroatoms. The van der Waals surface area contributed by atoms with Crippen molar-refractivity contribution in [3.8, 4) is 0 Å².